The Kier molecular flexibility index (Phi) is 4.64. The predicted molar refractivity (Wildman–Crippen MR) is 66.2 cm³/mol. The first-order chi connectivity index (χ1) is 8.42. The van der Waals surface area contributed by atoms with E-state index in [0.717, 1.165) is 13.2 Å². The number of hydrogen-bond donors (Lipinski definition) is 0. The highest BCUT2D eigenvalue weighted by atomic mass is 79.9. The van der Waals surface area contributed by atoms with Crippen molar-refractivity contribution in [3.63, 3.8) is 0 Å². The molecule has 6 nitrogen and oxygen atoms in total. The van der Waals surface area contributed by atoms with Gasteiger partial charge in [0.05, 0.1) is 28.7 Å². The van der Waals surface area contributed by atoms with Gasteiger partial charge < -0.3 is 4.74 Å². The summed E-state index contributed by atoms with van der Waals surface area (Å²) in [5.41, 5.74) is -0.467. The van der Waals surface area contributed by atoms with Crippen LogP contribution in [-0.2, 0) is 9.53 Å². The van der Waals surface area contributed by atoms with Crippen LogP contribution in [-0.4, -0.2) is 18.0 Å². The van der Waals surface area contributed by atoms with E-state index in [0.29, 0.717) is 4.47 Å². The second-order valence-corrected chi connectivity index (χ2v) is 4.43. The Labute approximate surface area is 115 Å². The predicted octanol–water partition coefficient (Wildman–Crippen LogP) is 2.79. The molecular weight excluding hydrogens is 327 g/mol. The summed E-state index contributed by atoms with van der Waals surface area (Å²) in [5.74, 6) is -2.24. The number of nitrogens with zero attached hydrogens (tertiary/aromatic N) is 2. The molecule has 0 saturated carbocycles. The average molecular weight is 334 g/mol. The molecule has 0 unspecified atom stereocenters. The molecule has 0 fully saturated rings. The van der Waals surface area contributed by atoms with E-state index in [1.165, 1.54) is 6.07 Å². The van der Waals surface area contributed by atoms with E-state index in [1.807, 2.05) is 0 Å². The minimum Gasteiger partial charge on any atom is -0.468 e. The number of halogens is 2. The number of rotatable bonds is 3. The number of hydrogen-bond acceptors (Lipinski definition) is 5. The molecule has 0 radical (unpaired) electrons. The smallest absolute Gasteiger partial charge is 0.327 e. The summed E-state index contributed by atoms with van der Waals surface area (Å²) in [4.78, 5) is 21.6. The molecule has 0 heterocycles. The van der Waals surface area contributed by atoms with E-state index in [-0.39, 0.29) is 10.6 Å². The first-order valence-corrected chi connectivity index (χ1v) is 5.70. The van der Waals surface area contributed by atoms with Gasteiger partial charge in [0.15, 0.2) is 5.92 Å². The van der Waals surface area contributed by atoms with Crippen LogP contribution in [0.1, 0.15) is 11.5 Å². The third-order valence-corrected chi connectivity index (χ3v) is 3.34. The summed E-state index contributed by atoms with van der Waals surface area (Å²) in [6, 6.07) is 4.01. The number of nitro benzene ring substituents is 1. The molecule has 8 heteroatoms. The van der Waals surface area contributed by atoms with Crippen molar-refractivity contribution in [1.29, 1.82) is 5.26 Å². The molecule has 1 atom stereocenters. The van der Waals surface area contributed by atoms with Gasteiger partial charge in [-0.05, 0) is 22.0 Å². The fourth-order valence-electron chi connectivity index (χ4n) is 1.31. The highest BCUT2D eigenvalue weighted by Crippen LogP contribution is 2.35. The zero-order valence-electron chi connectivity index (χ0n) is 9.02. The molecule has 0 aliphatic carbocycles. The third-order valence-electron chi connectivity index (χ3n) is 2.14. The van der Waals surface area contributed by atoms with Gasteiger partial charge in [-0.2, -0.15) is 5.26 Å². The Morgan fingerprint density at radius 1 is 1.67 bits per heavy atom. The third kappa shape index (κ3) is 2.78. The van der Waals surface area contributed by atoms with Gasteiger partial charge in [-0.3, -0.25) is 14.9 Å². The van der Waals surface area contributed by atoms with Crippen LogP contribution in [0.4, 0.5) is 5.69 Å². The summed E-state index contributed by atoms with van der Waals surface area (Å²) in [7, 11) is 1.10. The van der Waals surface area contributed by atoms with Gasteiger partial charge in [-0.1, -0.05) is 11.6 Å². The minimum atomic E-state index is -1.37. The number of methoxy groups -OCH3 is 1. The molecule has 1 rings (SSSR count). The Morgan fingerprint density at radius 2 is 2.28 bits per heavy atom. The molecule has 1 aromatic carbocycles. The summed E-state index contributed by atoms with van der Waals surface area (Å²) >= 11 is 8.82. The lowest BCUT2D eigenvalue weighted by molar-refractivity contribution is -0.385. The first kappa shape index (κ1) is 14.4. The van der Waals surface area contributed by atoms with Gasteiger partial charge in [0.2, 0.25) is 0 Å². The van der Waals surface area contributed by atoms with Crippen molar-refractivity contribution in [2.45, 2.75) is 5.92 Å². The number of carbonyl (C=O) groups is 1. The van der Waals surface area contributed by atoms with Crippen LogP contribution in [0.5, 0.6) is 0 Å². The molecule has 0 aliphatic heterocycles. The van der Waals surface area contributed by atoms with Crippen LogP contribution in [0.2, 0.25) is 5.02 Å². The van der Waals surface area contributed by atoms with E-state index >= 15 is 0 Å². The van der Waals surface area contributed by atoms with E-state index < -0.39 is 22.5 Å². The van der Waals surface area contributed by atoms with Crippen LogP contribution in [0.25, 0.3) is 0 Å². The van der Waals surface area contributed by atoms with Crippen molar-refractivity contribution in [3.05, 3.63) is 37.3 Å². The van der Waals surface area contributed by atoms with Gasteiger partial charge in [0, 0.05) is 10.5 Å². The standard InChI is InChI=1S/C10H6BrClN2O4/c1-18-10(15)6(4-13)5-2-7(11)8(12)3-9(5)14(16)17/h2-3,6H,1H3/t6-/m1/s1. The molecule has 0 aliphatic rings. The average Bonchev–Trinajstić information content (AvgIpc) is 2.33. The van der Waals surface area contributed by atoms with Crippen molar-refractivity contribution >= 4 is 39.2 Å². The van der Waals surface area contributed by atoms with E-state index in [1.54, 1.807) is 6.07 Å². The molecule has 1 aromatic rings. The molecular formula is C10H6BrClN2O4. The van der Waals surface area contributed by atoms with Crippen LogP contribution in [0.3, 0.4) is 0 Å². The van der Waals surface area contributed by atoms with Crippen LogP contribution >= 0.6 is 27.5 Å². The lowest BCUT2D eigenvalue weighted by atomic mass is 9.99. The minimum absolute atomic E-state index is 0.0642. The highest BCUT2D eigenvalue weighted by molar-refractivity contribution is 9.10. The van der Waals surface area contributed by atoms with Crippen LogP contribution < -0.4 is 0 Å². The van der Waals surface area contributed by atoms with Crippen molar-refractivity contribution < 1.29 is 14.5 Å². The fourth-order valence-corrected chi connectivity index (χ4v) is 1.83. The fraction of sp³-hybridized carbons (Fsp3) is 0.200. The molecule has 0 saturated heterocycles. The second kappa shape index (κ2) is 5.80. The Balaban J connectivity index is 3.47. The Hall–Kier alpha value is -1.65. The van der Waals surface area contributed by atoms with Gasteiger partial charge in [0.25, 0.3) is 5.69 Å². The molecule has 94 valence electrons. The number of benzene rings is 1. The normalized spacial score (nSPS) is 11.4. The summed E-state index contributed by atoms with van der Waals surface area (Å²) in [6.45, 7) is 0. The van der Waals surface area contributed by atoms with Crippen molar-refractivity contribution in [2.75, 3.05) is 7.11 Å². The van der Waals surface area contributed by atoms with Crippen molar-refractivity contribution in [3.8, 4) is 6.07 Å². The summed E-state index contributed by atoms with van der Waals surface area (Å²) in [6.07, 6.45) is 0. The van der Waals surface area contributed by atoms with Gasteiger partial charge in [-0.25, -0.2) is 0 Å². The lowest BCUT2D eigenvalue weighted by Crippen LogP contribution is -2.14. The van der Waals surface area contributed by atoms with Crippen LogP contribution in [0.15, 0.2) is 16.6 Å². The van der Waals surface area contributed by atoms with Gasteiger partial charge in [-0.15, -0.1) is 0 Å². The lowest BCUT2D eigenvalue weighted by Gasteiger charge is -2.09. The number of nitriles is 1. The van der Waals surface area contributed by atoms with Gasteiger partial charge >= 0.3 is 5.97 Å². The maximum atomic E-state index is 11.4. The largest absolute Gasteiger partial charge is 0.468 e. The van der Waals surface area contributed by atoms with Crippen molar-refractivity contribution in [1.82, 2.24) is 0 Å². The quantitative estimate of drug-likeness (QED) is 0.481. The van der Waals surface area contributed by atoms with E-state index in [2.05, 4.69) is 20.7 Å². The second-order valence-electron chi connectivity index (χ2n) is 3.17. The maximum Gasteiger partial charge on any atom is 0.327 e. The van der Waals surface area contributed by atoms with E-state index in [9.17, 15) is 14.9 Å². The molecule has 0 amide bonds. The Morgan fingerprint density at radius 3 is 2.72 bits per heavy atom. The van der Waals surface area contributed by atoms with Crippen molar-refractivity contribution in [2.24, 2.45) is 0 Å². The molecule has 0 spiro atoms. The monoisotopic (exact) mass is 332 g/mol. The SMILES string of the molecule is COC(=O)[C@H](C#N)c1cc(Br)c(Cl)cc1[N+](=O)[O-]. The zero-order valence-corrected chi connectivity index (χ0v) is 11.4. The zero-order chi connectivity index (χ0) is 13.9. The summed E-state index contributed by atoms with van der Waals surface area (Å²) in [5, 5.41) is 19.9. The molecule has 18 heavy (non-hydrogen) atoms. The number of nitro groups is 1. The first-order valence-electron chi connectivity index (χ1n) is 4.53. The molecule has 0 aromatic heterocycles. The summed E-state index contributed by atoms with van der Waals surface area (Å²) < 4.78 is 4.79. The number of ether oxygens (including phenoxy) is 1. The van der Waals surface area contributed by atoms with E-state index in [4.69, 9.17) is 16.9 Å². The topological polar surface area (TPSA) is 93.2 Å². The Bertz CT molecular complexity index is 556. The van der Waals surface area contributed by atoms with Gasteiger partial charge in [0.1, 0.15) is 0 Å². The molecule has 0 N–H and O–H groups in total. The van der Waals surface area contributed by atoms with Crippen LogP contribution in [0, 0.1) is 21.4 Å². The maximum absolute atomic E-state index is 11.4. The highest BCUT2D eigenvalue weighted by Gasteiger charge is 2.30. The molecule has 0 bridgehead atoms. The number of carbonyl (C=O) groups excluding carboxylic acids is 1. The number of esters is 1.